The van der Waals surface area contributed by atoms with Crippen LogP contribution in [0.4, 0.5) is 16.3 Å². The van der Waals surface area contributed by atoms with Gasteiger partial charge in [0.1, 0.15) is 5.82 Å². The number of carbonyl (C=O) groups is 1. The van der Waals surface area contributed by atoms with Gasteiger partial charge in [-0.15, -0.1) is 0 Å². The molecule has 31 heavy (non-hydrogen) atoms. The van der Waals surface area contributed by atoms with E-state index >= 15 is 0 Å². The lowest BCUT2D eigenvalue weighted by molar-refractivity contribution is -0.00621. The summed E-state index contributed by atoms with van der Waals surface area (Å²) in [6, 6.07) is 14.3. The number of para-hydroxylation sites is 1. The Labute approximate surface area is 180 Å². The molecule has 1 heterocycles. The highest BCUT2D eigenvalue weighted by Gasteiger charge is 2.24. The summed E-state index contributed by atoms with van der Waals surface area (Å²) in [6.07, 6.45) is 3.55. The highest BCUT2D eigenvalue weighted by molar-refractivity contribution is 5.94. The fraction of sp³-hybridized carbons (Fsp3) is 0.348. The van der Waals surface area contributed by atoms with Gasteiger partial charge in [-0.25, -0.2) is 4.98 Å². The summed E-state index contributed by atoms with van der Waals surface area (Å²) in [4.78, 5) is 27.5. The van der Waals surface area contributed by atoms with Gasteiger partial charge in [-0.3, -0.25) is 9.74 Å². The molecule has 2 aromatic carbocycles. The van der Waals surface area contributed by atoms with Crippen LogP contribution in [0.2, 0.25) is 0 Å². The van der Waals surface area contributed by atoms with Gasteiger partial charge >= 0.3 is 0 Å². The molecule has 1 aromatic heterocycles. The molecule has 7 nitrogen and oxygen atoms in total. The number of fused-ring (bicyclic) bond motifs is 1. The number of nitrogens with zero attached hydrogens (tertiary/aromatic N) is 3. The summed E-state index contributed by atoms with van der Waals surface area (Å²) in [6.45, 7) is 0. The van der Waals surface area contributed by atoms with E-state index in [9.17, 15) is 9.32 Å². The highest BCUT2D eigenvalue weighted by Crippen LogP contribution is 2.26. The summed E-state index contributed by atoms with van der Waals surface area (Å²) < 4.78 is 12.1. The molecule has 1 aliphatic carbocycles. The number of hydrogen-bond donors (Lipinski definition) is 2. The second-order valence-electron chi connectivity index (χ2n) is 8.05. The number of anilines is 2. The first kappa shape index (κ1) is 20.8. The normalized spacial score (nSPS) is 18.4. The first-order valence-electron chi connectivity index (χ1n) is 10.4. The SMILES string of the molecule is CN(C)c1nc(N[C@H]2CC[C@@H](NC(=O)c3ccc(OF)cc3)CC2)nc2ccccc12. The van der Waals surface area contributed by atoms with Gasteiger partial charge in [0.2, 0.25) is 5.95 Å². The molecule has 1 amide bonds. The van der Waals surface area contributed by atoms with Gasteiger partial charge in [-0.1, -0.05) is 12.1 Å². The van der Waals surface area contributed by atoms with Crippen LogP contribution in [0.25, 0.3) is 10.9 Å². The van der Waals surface area contributed by atoms with Crippen LogP contribution in [0.1, 0.15) is 36.0 Å². The summed E-state index contributed by atoms with van der Waals surface area (Å²) in [5.74, 6) is 1.44. The van der Waals surface area contributed by atoms with Gasteiger partial charge in [0, 0.05) is 41.7 Å². The van der Waals surface area contributed by atoms with Crippen molar-refractivity contribution in [2.75, 3.05) is 24.3 Å². The number of benzene rings is 2. The zero-order valence-corrected chi connectivity index (χ0v) is 17.6. The van der Waals surface area contributed by atoms with E-state index in [2.05, 4.69) is 20.6 Å². The van der Waals surface area contributed by atoms with Gasteiger partial charge < -0.3 is 15.5 Å². The van der Waals surface area contributed by atoms with Crippen molar-refractivity contribution in [3.8, 4) is 5.75 Å². The number of hydrogen-bond acceptors (Lipinski definition) is 6. The largest absolute Gasteiger partial charge is 0.362 e. The standard InChI is InChI=1S/C23H26FN5O2/c1-29(2)21-19-5-3-4-6-20(19)27-23(28-21)26-17-11-9-16(10-12-17)25-22(30)15-7-13-18(31-24)14-8-15/h3-8,13-14,16-17H,9-12H2,1-2H3,(H,25,30)(H,26,27,28)/t16-,17+. The molecule has 0 radical (unpaired) electrons. The van der Waals surface area contributed by atoms with E-state index in [1.54, 1.807) is 12.1 Å². The predicted octanol–water partition coefficient (Wildman–Crippen LogP) is 4.11. The zero-order valence-electron chi connectivity index (χ0n) is 17.6. The number of aromatic nitrogens is 2. The molecular weight excluding hydrogens is 397 g/mol. The molecule has 4 rings (SSSR count). The van der Waals surface area contributed by atoms with Crippen LogP contribution in [0, 0.1) is 0 Å². The van der Waals surface area contributed by atoms with Crippen LogP contribution in [-0.2, 0) is 0 Å². The molecule has 3 aromatic rings. The molecule has 8 heteroatoms. The summed E-state index contributed by atoms with van der Waals surface area (Å²) in [5.41, 5.74) is 1.40. The lowest BCUT2D eigenvalue weighted by atomic mass is 9.91. The third-order valence-corrected chi connectivity index (χ3v) is 5.61. The fourth-order valence-corrected chi connectivity index (χ4v) is 3.96. The number of carbonyl (C=O) groups excluding carboxylic acids is 1. The van der Waals surface area contributed by atoms with Crippen LogP contribution < -0.4 is 20.5 Å². The summed E-state index contributed by atoms with van der Waals surface area (Å²) >= 11 is 0. The van der Waals surface area contributed by atoms with Gasteiger partial charge in [-0.05, 0) is 62.1 Å². The van der Waals surface area contributed by atoms with Crippen LogP contribution in [0.3, 0.4) is 0 Å². The molecule has 0 saturated heterocycles. The number of nitrogens with one attached hydrogen (secondary N) is 2. The average molecular weight is 423 g/mol. The van der Waals surface area contributed by atoms with Gasteiger partial charge in [0.25, 0.3) is 5.91 Å². The van der Waals surface area contributed by atoms with E-state index < -0.39 is 0 Å². The first-order chi connectivity index (χ1) is 15.0. The minimum atomic E-state index is -0.157. The Hall–Kier alpha value is -3.42. The van der Waals surface area contributed by atoms with Crippen molar-refractivity contribution in [2.45, 2.75) is 37.8 Å². The number of halogens is 1. The third kappa shape index (κ3) is 4.84. The van der Waals surface area contributed by atoms with Gasteiger partial charge in [-0.2, -0.15) is 4.98 Å². The Balaban J connectivity index is 1.35. The lowest BCUT2D eigenvalue weighted by Crippen LogP contribution is -2.40. The van der Waals surface area contributed by atoms with Gasteiger partial charge in [0.05, 0.1) is 5.52 Å². The number of amides is 1. The maximum atomic E-state index is 12.4. The monoisotopic (exact) mass is 423 g/mol. The molecular formula is C23H26FN5O2. The second-order valence-corrected chi connectivity index (χ2v) is 8.05. The van der Waals surface area contributed by atoms with E-state index in [0.717, 1.165) is 42.4 Å². The smallest absolute Gasteiger partial charge is 0.251 e. The molecule has 0 spiro atoms. The van der Waals surface area contributed by atoms with Crippen molar-refractivity contribution in [2.24, 2.45) is 0 Å². The predicted molar refractivity (Wildman–Crippen MR) is 119 cm³/mol. The molecule has 1 saturated carbocycles. The van der Waals surface area contributed by atoms with Crippen molar-refractivity contribution < 1.29 is 14.3 Å². The van der Waals surface area contributed by atoms with Crippen LogP contribution in [-0.4, -0.2) is 42.1 Å². The van der Waals surface area contributed by atoms with Crippen molar-refractivity contribution in [1.82, 2.24) is 15.3 Å². The Morgan fingerprint density at radius 1 is 1.00 bits per heavy atom. The minimum absolute atomic E-state index is 0.0801. The summed E-state index contributed by atoms with van der Waals surface area (Å²) in [7, 11) is 3.95. The van der Waals surface area contributed by atoms with E-state index in [1.165, 1.54) is 12.1 Å². The minimum Gasteiger partial charge on any atom is -0.362 e. The summed E-state index contributed by atoms with van der Waals surface area (Å²) in [5, 5.41) is 7.57. The molecule has 1 aliphatic rings. The average Bonchev–Trinajstić information content (AvgIpc) is 2.79. The second kappa shape index (κ2) is 9.16. The van der Waals surface area contributed by atoms with Gasteiger partial charge in [0.15, 0.2) is 5.75 Å². The molecule has 0 aliphatic heterocycles. The van der Waals surface area contributed by atoms with Crippen LogP contribution in [0.15, 0.2) is 48.5 Å². The topological polar surface area (TPSA) is 79.4 Å². The van der Waals surface area contributed by atoms with E-state index in [-0.39, 0.29) is 23.7 Å². The van der Waals surface area contributed by atoms with Crippen LogP contribution >= 0.6 is 0 Å². The maximum absolute atomic E-state index is 12.4. The molecule has 0 unspecified atom stereocenters. The van der Waals surface area contributed by atoms with Crippen molar-refractivity contribution in [3.63, 3.8) is 0 Å². The Morgan fingerprint density at radius 3 is 2.35 bits per heavy atom. The first-order valence-corrected chi connectivity index (χ1v) is 10.4. The fourth-order valence-electron chi connectivity index (χ4n) is 3.96. The lowest BCUT2D eigenvalue weighted by Gasteiger charge is -2.30. The van der Waals surface area contributed by atoms with E-state index in [0.29, 0.717) is 11.5 Å². The van der Waals surface area contributed by atoms with E-state index in [1.807, 2.05) is 43.3 Å². The Morgan fingerprint density at radius 2 is 1.68 bits per heavy atom. The quantitative estimate of drug-likeness (QED) is 0.621. The highest BCUT2D eigenvalue weighted by atomic mass is 19.3. The Kier molecular flexibility index (Phi) is 6.16. The molecule has 1 fully saturated rings. The third-order valence-electron chi connectivity index (χ3n) is 5.61. The molecule has 2 N–H and O–H groups in total. The molecule has 0 bridgehead atoms. The van der Waals surface area contributed by atoms with Crippen molar-refractivity contribution >= 4 is 28.6 Å². The Bertz CT molecular complexity index is 1050. The van der Waals surface area contributed by atoms with Crippen molar-refractivity contribution in [1.29, 1.82) is 0 Å². The number of rotatable bonds is 6. The zero-order chi connectivity index (χ0) is 21.8. The van der Waals surface area contributed by atoms with Crippen LogP contribution in [0.5, 0.6) is 5.75 Å². The van der Waals surface area contributed by atoms with Crippen molar-refractivity contribution in [3.05, 3.63) is 54.1 Å². The van der Waals surface area contributed by atoms with E-state index in [4.69, 9.17) is 4.98 Å². The molecule has 0 atom stereocenters. The molecule has 162 valence electrons. The maximum Gasteiger partial charge on any atom is 0.251 e.